The van der Waals surface area contributed by atoms with Crippen LogP contribution in [0.3, 0.4) is 0 Å². The van der Waals surface area contributed by atoms with Gasteiger partial charge in [-0.2, -0.15) is 0 Å². The molecule has 8 heteroatoms. The number of nitrogens with zero attached hydrogens (tertiary/aromatic N) is 2. The van der Waals surface area contributed by atoms with Gasteiger partial charge in [0.2, 0.25) is 16.0 Å². The van der Waals surface area contributed by atoms with Crippen LogP contribution in [0, 0.1) is 5.82 Å². The quantitative estimate of drug-likeness (QED) is 0.900. The highest BCUT2D eigenvalue weighted by Gasteiger charge is 2.41. The molecule has 23 heavy (non-hydrogen) atoms. The molecule has 1 aromatic carbocycles. The van der Waals surface area contributed by atoms with Gasteiger partial charge in [-0.25, -0.2) is 22.1 Å². The standard InChI is InChI=1S/C15H16FN3O2S2/c1-15(9-23(20,21)19(2)14(17)18-15)13-7-6-12(22-13)10-4-3-5-11(16)8-10/h3-8H,9H2,1-2H3,(H2,17,18). The second kappa shape index (κ2) is 5.31. The van der Waals surface area contributed by atoms with Crippen molar-refractivity contribution in [3.63, 3.8) is 0 Å². The molecule has 1 atom stereocenters. The van der Waals surface area contributed by atoms with E-state index in [0.717, 1.165) is 19.6 Å². The van der Waals surface area contributed by atoms with Crippen LogP contribution in [0.15, 0.2) is 41.4 Å². The van der Waals surface area contributed by atoms with Crippen molar-refractivity contribution in [2.24, 2.45) is 10.7 Å². The number of guanidine groups is 1. The number of halogens is 1. The Balaban J connectivity index is 2.03. The molecule has 2 heterocycles. The van der Waals surface area contributed by atoms with E-state index in [1.165, 1.54) is 30.5 Å². The number of hydrogen-bond donors (Lipinski definition) is 1. The van der Waals surface area contributed by atoms with Crippen LogP contribution in [0.25, 0.3) is 10.4 Å². The van der Waals surface area contributed by atoms with Gasteiger partial charge in [-0.1, -0.05) is 12.1 Å². The van der Waals surface area contributed by atoms with Crippen LogP contribution in [-0.2, 0) is 15.6 Å². The van der Waals surface area contributed by atoms with Gasteiger partial charge in [0.15, 0.2) is 0 Å². The minimum absolute atomic E-state index is 0.0283. The Kier molecular flexibility index (Phi) is 3.68. The largest absolute Gasteiger partial charge is 0.369 e. The Morgan fingerprint density at radius 1 is 1.35 bits per heavy atom. The molecule has 122 valence electrons. The monoisotopic (exact) mass is 353 g/mol. The fourth-order valence-corrected chi connectivity index (χ4v) is 5.13. The van der Waals surface area contributed by atoms with Crippen molar-refractivity contribution in [3.05, 3.63) is 47.1 Å². The molecule has 1 aliphatic rings. The topological polar surface area (TPSA) is 75.8 Å². The summed E-state index contributed by atoms with van der Waals surface area (Å²) in [5.74, 6) is -0.493. The van der Waals surface area contributed by atoms with E-state index < -0.39 is 15.6 Å². The van der Waals surface area contributed by atoms with Crippen molar-refractivity contribution in [1.29, 1.82) is 0 Å². The van der Waals surface area contributed by atoms with Gasteiger partial charge >= 0.3 is 0 Å². The van der Waals surface area contributed by atoms with E-state index in [9.17, 15) is 12.8 Å². The number of thiophene rings is 1. The lowest BCUT2D eigenvalue weighted by atomic mass is 10.0. The van der Waals surface area contributed by atoms with Crippen molar-refractivity contribution >= 4 is 27.3 Å². The lowest BCUT2D eigenvalue weighted by molar-refractivity contribution is 0.482. The van der Waals surface area contributed by atoms with Crippen LogP contribution in [0.1, 0.15) is 11.8 Å². The lowest BCUT2D eigenvalue weighted by Crippen LogP contribution is -2.50. The highest BCUT2D eigenvalue weighted by atomic mass is 32.2. The Morgan fingerprint density at radius 2 is 2.09 bits per heavy atom. The molecule has 0 bridgehead atoms. The van der Waals surface area contributed by atoms with E-state index in [4.69, 9.17) is 5.73 Å². The molecule has 0 radical (unpaired) electrons. The van der Waals surface area contributed by atoms with Crippen molar-refractivity contribution in [2.75, 3.05) is 12.8 Å². The average Bonchev–Trinajstić information content (AvgIpc) is 2.95. The highest BCUT2D eigenvalue weighted by molar-refractivity contribution is 7.89. The number of rotatable bonds is 2. The molecule has 2 aromatic rings. The summed E-state index contributed by atoms with van der Waals surface area (Å²) in [6.07, 6.45) is 0. The van der Waals surface area contributed by atoms with Gasteiger partial charge in [0.25, 0.3) is 0 Å². The van der Waals surface area contributed by atoms with Crippen molar-refractivity contribution in [1.82, 2.24) is 4.31 Å². The van der Waals surface area contributed by atoms with Crippen molar-refractivity contribution in [3.8, 4) is 10.4 Å². The predicted octanol–water partition coefficient (Wildman–Crippen LogP) is 2.36. The van der Waals surface area contributed by atoms with Gasteiger partial charge in [0, 0.05) is 16.8 Å². The molecular formula is C15H16FN3O2S2. The third-order valence-electron chi connectivity index (χ3n) is 3.81. The number of aliphatic imine (C=N–C) groups is 1. The van der Waals surface area contributed by atoms with Gasteiger partial charge in [-0.05, 0) is 36.8 Å². The molecule has 2 N–H and O–H groups in total. The molecule has 0 saturated carbocycles. The van der Waals surface area contributed by atoms with Crippen LogP contribution in [-0.4, -0.2) is 31.5 Å². The van der Waals surface area contributed by atoms with E-state index in [0.29, 0.717) is 0 Å². The van der Waals surface area contributed by atoms with Gasteiger partial charge in [-0.15, -0.1) is 11.3 Å². The maximum atomic E-state index is 13.4. The zero-order valence-electron chi connectivity index (χ0n) is 12.7. The van der Waals surface area contributed by atoms with Crippen LogP contribution in [0.2, 0.25) is 0 Å². The summed E-state index contributed by atoms with van der Waals surface area (Å²) < 4.78 is 38.8. The smallest absolute Gasteiger partial charge is 0.239 e. The van der Waals surface area contributed by atoms with Crippen LogP contribution < -0.4 is 5.73 Å². The molecule has 3 rings (SSSR count). The van der Waals surface area contributed by atoms with Crippen molar-refractivity contribution in [2.45, 2.75) is 12.5 Å². The second-order valence-corrected chi connectivity index (χ2v) is 8.73. The van der Waals surface area contributed by atoms with Gasteiger partial charge in [0.1, 0.15) is 11.4 Å². The first-order chi connectivity index (χ1) is 10.7. The molecule has 5 nitrogen and oxygen atoms in total. The maximum absolute atomic E-state index is 13.4. The SMILES string of the molecule is CN1C(N)=NC(C)(c2ccc(-c3cccc(F)c3)s2)CS1(=O)=O. The van der Waals surface area contributed by atoms with Gasteiger partial charge in [0.05, 0.1) is 5.75 Å². The minimum Gasteiger partial charge on any atom is -0.369 e. The van der Waals surface area contributed by atoms with Gasteiger partial charge in [-0.3, -0.25) is 0 Å². The van der Waals surface area contributed by atoms with E-state index in [1.54, 1.807) is 13.0 Å². The van der Waals surface area contributed by atoms with Crippen LogP contribution in [0.5, 0.6) is 0 Å². The van der Waals surface area contributed by atoms with Crippen molar-refractivity contribution < 1.29 is 12.8 Å². The number of benzene rings is 1. The Hall–Kier alpha value is -1.93. The average molecular weight is 353 g/mol. The fraction of sp³-hybridized carbons (Fsp3) is 0.267. The molecule has 1 unspecified atom stereocenters. The zero-order valence-corrected chi connectivity index (χ0v) is 14.3. The minimum atomic E-state index is -3.50. The van der Waals surface area contributed by atoms with E-state index >= 15 is 0 Å². The summed E-state index contributed by atoms with van der Waals surface area (Å²) in [4.78, 5) is 5.99. The molecule has 0 amide bonds. The van der Waals surface area contributed by atoms with E-state index in [2.05, 4.69) is 4.99 Å². The Bertz CT molecular complexity index is 892. The first-order valence-corrected chi connectivity index (χ1v) is 9.32. The third kappa shape index (κ3) is 2.84. The summed E-state index contributed by atoms with van der Waals surface area (Å²) in [6.45, 7) is 1.74. The molecule has 0 saturated heterocycles. The van der Waals surface area contributed by atoms with Crippen LogP contribution in [0.4, 0.5) is 4.39 Å². The molecule has 0 spiro atoms. The molecule has 1 aliphatic heterocycles. The first kappa shape index (κ1) is 15.9. The van der Waals surface area contributed by atoms with Crippen LogP contribution >= 0.6 is 11.3 Å². The first-order valence-electron chi connectivity index (χ1n) is 6.89. The van der Waals surface area contributed by atoms with Gasteiger partial charge < -0.3 is 5.73 Å². The predicted molar refractivity (Wildman–Crippen MR) is 90.2 cm³/mol. The summed E-state index contributed by atoms with van der Waals surface area (Å²) >= 11 is 1.39. The highest BCUT2D eigenvalue weighted by Crippen LogP contribution is 2.39. The Labute approximate surface area is 138 Å². The zero-order chi connectivity index (χ0) is 16.8. The van der Waals surface area contributed by atoms with E-state index in [1.807, 2.05) is 18.2 Å². The fourth-order valence-electron chi connectivity index (χ4n) is 2.50. The molecular weight excluding hydrogens is 337 g/mol. The summed E-state index contributed by atoms with van der Waals surface area (Å²) in [6, 6.07) is 9.94. The molecule has 0 fully saturated rings. The number of nitrogens with two attached hydrogens (primary N) is 1. The third-order valence-corrected chi connectivity index (χ3v) is 7.15. The summed E-state index contributed by atoms with van der Waals surface area (Å²) in [7, 11) is -2.12. The van der Waals surface area contributed by atoms with E-state index in [-0.39, 0.29) is 17.5 Å². The lowest BCUT2D eigenvalue weighted by Gasteiger charge is -2.33. The second-order valence-electron chi connectivity index (χ2n) is 5.64. The summed E-state index contributed by atoms with van der Waals surface area (Å²) in [5, 5.41) is 0. The maximum Gasteiger partial charge on any atom is 0.239 e. The molecule has 0 aliphatic carbocycles. The summed E-state index contributed by atoms with van der Waals surface area (Å²) in [5.41, 5.74) is 5.57. The molecule has 1 aromatic heterocycles. The number of hydrogen-bond acceptors (Lipinski definition) is 5. The Morgan fingerprint density at radius 3 is 2.74 bits per heavy atom. The number of sulfonamides is 1. The normalized spacial score (nSPS) is 23.6.